The van der Waals surface area contributed by atoms with E-state index in [-0.39, 0.29) is 5.97 Å². The number of hydrogen-bond donors (Lipinski definition) is 1. The minimum atomic E-state index is -0.301. The molecule has 1 atom stereocenters. The Labute approximate surface area is 114 Å². The van der Waals surface area contributed by atoms with E-state index >= 15 is 0 Å². The second-order valence-corrected chi connectivity index (χ2v) is 5.03. The van der Waals surface area contributed by atoms with Crippen molar-refractivity contribution in [2.75, 3.05) is 20.3 Å². The molecule has 1 saturated heterocycles. The van der Waals surface area contributed by atoms with Crippen LogP contribution in [0.25, 0.3) is 0 Å². The number of hydrogen-bond acceptors (Lipinski definition) is 4. The Balaban J connectivity index is 2.08. The largest absolute Gasteiger partial charge is 0.492 e. The molecule has 0 spiro atoms. The van der Waals surface area contributed by atoms with Crippen LogP contribution in [0.15, 0.2) is 12.1 Å². The van der Waals surface area contributed by atoms with Gasteiger partial charge in [-0.05, 0) is 56.5 Å². The Hall–Kier alpha value is -1.55. The molecule has 1 fully saturated rings. The van der Waals surface area contributed by atoms with Crippen molar-refractivity contribution in [3.05, 3.63) is 28.8 Å². The first-order valence-corrected chi connectivity index (χ1v) is 6.67. The zero-order chi connectivity index (χ0) is 13.8. The summed E-state index contributed by atoms with van der Waals surface area (Å²) < 4.78 is 10.6. The standard InChI is InChI=1S/C15H21NO3/c1-10-8-14(19-9-12-5-4-6-16-12)11(2)7-13(10)15(17)18-3/h7-8,12,16H,4-6,9H2,1-3H3/t12-/m0/s1. The molecule has 1 N–H and O–H groups in total. The number of nitrogens with one attached hydrogen (secondary N) is 1. The fourth-order valence-corrected chi connectivity index (χ4v) is 2.36. The number of methoxy groups -OCH3 is 1. The number of carbonyl (C=O) groups excluding carboxylic acids is 1. The maximum absolute atomic E-state index is 11.6. The second-order valence-electron chi connectivity index (χ2n) is 5.03. The topological polar surface area (TPSA) is 47.6 Å². The SMILES string of the molecule is COC(=O)c1cc(C)c(OC[C@@H]2CCCN2)cc1C. The van der Waals surface area contributed by atoms with Gasteiger partial charge in [0.25, 0.3) is 0 Å². The quantitative estimate of drug-likeness (QED) is 0.846. The zero-order valence-electron chi connectivity index (χ0n) is 11.8. The van der Waals surface area contributed by atoms with Crippen molar-refractivity contribution < 1.29 is 14.3 Å². The normalized spacial score (nSPS) is 18.4. The molecule has 0 bridgehead atoms. The summed E-state index contributed by atoms with van der Waals surface area (Å²) in [4.78, 5) is 11.6. The van der Waals surface area contributed by atoms with Crippen molar-refractivity contribution in [2.45, 2.75) is 32.7 Å². The van der Waals surface area contributed by atoms with Gasteiger partial charge in [-0.1, -0.05) is 0 Å². The summed E-state index contributed by atoms with van der Waals surface area (Å²) in [5.41, 5.74) is 2.45. The second kappa shape index (κ2) is 6.06. The molecule has 104 valence electrons. The van der Waals surface area contributed by atoms with Crippen LogP contribution in [-0.2, 0) is 4.74 Å². The van der Waals surface area contributed by atoms with E-state index in [1.807, 2.05) is 26.0 Å². The molecule has 19 heavy (non-hydrogen) atoms. The van der Waals surface area contributed by atoms with Gasteiger partial charge >= 0.3 is 5.97 Å². The van der Waals surface area contributed by atoms with E-state index in [9.17, 15) is 4.79 Å². The van der Waals surface area contributed by atoms with Crippen LogP contribution in [-0.4, -0.2) is 32.3 Å². The molecule has 1 aromatic carbocycles. The summed E-state index contributed by atoms with van der Waals surface area (Å²) in [5.74, 6) is 0.545. The highest BCUT2D eigenvalue weighted by Gasteiger charge is 2.16. The molecule has 1 heterocycles. The molecule has 4 nitrogen and oxygen atoms in total. The van der Waals surface area contributed by atoms with Gasteiger partial charge in [0, 0.05) is 6.04 Å². The van der Waals surface area contributed by atoms with Crippen molar-refractivity contribution in [1.29, 1.82) is 0 Å². The van der Waals surface area contributed by atoms with Crippen LogP contribution in [0.3, 0.4) is 0 Å². The number of rotatable bonds is 4. The van der Waals surface area contributed by atoms with E-state index in [4.69, 9.17) is 9.47 Å². The van der Waals surface area contributed by atoms with Gasteiger partial charge in [0.2, 0.25) is 0 Å². The van der Waals surface area contributed by atoms with Crippen LogP contribution < -0.4 is 10.1 Å². The minimum Gasteiger partial charge on any atom is -0.492 e. The van der Waals surface area contributed by atoms with Crippen molar-refractivity contribution >= 4 is 5.97 Å². The van der Waals surface area contributed by atoms with Crippen LogP contribution in [0.4, 0.5) is 0 Å². The summed E-state index contributed by atoms with van der Waals surface area (Å²) in [6.07, 6.45) is 2.38. The Morgan fingerprint density at radius 2 is 2.16 bits per heavy atom. The van der Waals surface area contributed by atoms with Gasteiger partial charge in [0.1, 0.15) is 12.4 Å². The summed E-state index contributed by atoms with van der Waals surface area (Å²) >= 11 is 0. The first-order chi connectivity index (χ1) is 9.11. The molecule has 2 rings (SSSR count). The Morgan fingerprint density at radius 3 is 2.79 bits per heavy atom. The predicted molar refractivity (Wildman–Crippen MR) is 73.8 cm³/mol. The number of aryl methyl sites for hydroxylation is 2. The summed E-state index contributed by atoms with van der Waals surface area (Å²) in [7, 11) is 1.40. The number of esters is 1. The predicted octanol–water partition coefficient (Wildman–Crippen LogP) is 2.22. The molecule has 4 heteroatoms. The summed E-state index contributed by atoms with van der Waals surface area (Å²) in [6, 6.07) is 4.19. The highest BCUT2D eigenvalue weighted by atomic mass is 16.5. The van der Waals surface area contributed by atoms with Gasteiger partial charge in [0.15, 0.2) is 0 Å². The molecule has 0 saturated carbocycles. The van der Waals surface area contributed by atoms with Gasteiger partial charge in [-0.2, -0.15) is 0 Å². The van der Waals surface area contributed by atoms with E-state index < -0.39 is 0 Å². The third-order valence-electron chi connectivity index (χ3n) is 3.53. The minimum absolute atomic E-state index is 0.301. The molecule has 0 radical (unpaired) electrons. The highest BCUT2D eigenvalue weighted by molar-refractivity contribution is 5.91. The number of benzene rings is 1. The number of carbonyl (C=O) groups is 1. The lowest BCUT2D eigenvalue weighted by Crippen LogP contribution is -2.28. The first kappa shape index (κ1) is 13.9. The van der Waals surface area contributed by atoms with Crippen molar-refractivity contribution in [1.82, 2.24) is 5.32 Å². The fourth-order valence-electron chi connectivity index (χ4n) is 2.36. The van der Waals surface area contributed by atoms with Crippen LogP contribution in [0.2, 0.25) is 0 Å². The van der Waals surface area contributed by atoms with E-state index in [0.29, 0.717) is 18.2 Å². The Bertz CT molecular complexity index is 465. The fraction of sp³-hybridized carbons (Fsp3) is 0.533. The van der Waals surface area contributed by atoms with E-state index in [2.05, 4.69) is 5.32 Å². The van der Waals surface area contributed by atoms with Crippen LogP contribution >= 0.6 is 0 Å². The van der Waals surface area contributed by atoms with Crippen LogP contribution in [0, 0.1) is 13.8 Å². The Kier molecular flexibility index (Phi) is 4.43. The molecule has 1 aliphatic rings. The highest BCUT2D eigenvalue weighted by Crippen LogP contribution is 2.24. The van der Waals surface area contributed by atoms with E-state index in [0.717, 1.165) is 29.8 Å². The maximum Gasteiger partial charge on any atom is 0.338 e. The summed E-state index contributed by atoms with van der Waals surface area (Å²) in [5, 5.41) is 3.40. The molecule has 0 amide bonds. The molecule has 0 aromatic heterocycles. The average Bonchev–Trinajstić information content (AvgIpc) is 2.91. The van der Waals surface area contributed by atoms with Gasteiger partial charge in [-0.25, -0.2) is 4.79 Å². The third kappa shape index (κ3) is 3.26. The molecule has 1 aliphatic heterocycles. The van der Waals surface area contributed by atoms with E-state index in [1.165, 1.54) is 13.5 Å². The van der Waals surface area contributed by atoms with E-state index in [1.54, 1.807) is 0 Å². The monoisotopic (exact) mass is 263 g/mol. The van der Waals surface area contributed by atoms with Gasteiger partial charge in [-0.15, -0.1) is 0 Å². The number of ether oxygens (including phenoxy) is 2. The third-order valence-corrected chi connectivity index (χ3v) is 3.53. The first-order valence-electron chi connectivity index (χ1n) is 6.67. The molecular weight excluding hydrogens is 242 g/mol. The van der Waals surface area contributed by atoms with Gasteiger partial charge in [0.05, 0.1) is 12.7 Å². The van der Waals surface area contributed by atoms with Crippen molar-refractivity contribution in [3.8, 4) is 5.75 Å². The van der Waals surface area contributed by atoms with Gasteiger partial charge in [-0.3, -0.25) is 0 Å². The maximum atomic E-state index is 11.6. The zero-order valence-corrected chi connectivity index (χ0v) is 11.8. The lowest BCUT2D eigenvalue weighted by molar-refractivity contribution is 0.0599. The lowest BCUT2D eigenvalue weighted by Gasteiger charge is -2.15. The summed E-state index contributed by atoms with van der Waals surface area (Å²) in [6.45, 7) is 5.60. The smallest absolute Gasteiger partial charge is 0.338 e. The lowest BCUT2D eigenvalue weighted by atomic mass is 10.0. The molecule has 0 unspecified atom stereocenters. The average molecular weight is 263 g/mol. The Morgan fingerprint density at radius 1 is 1.37 bits per heavy atom. The molecule has 0 aliphatic carbocycles. The molecular formula is C15H21NO3. The molecule has 1 aromatic rings. The van der Waals surface area contributed by atoms with Crippen LogP contribution in [0.5, 0.6) is 5.75 Å². The van der Waals surface area contributed by atoms with Crippen molar-refractivity contribution in [2.24, 2.45) is 0 Å². The van der Waals surface area contributed by atoms with Crippen LogP contribution in [0.1, 0.15) is 34.3 Å². The van der Waals surface area contributed by atoms with Gasteiger partial charge < -0.3 is 14.8 Å². The van der Waals surface area contributed by atoms with Crippen molar-refractivity contribution in [3.63, 3.8) is 0 Å².